The minimum atomic E-state index is -0.783. The van der Waals surface area contributed by atoms with E-state index in [1.54, 1.807) is 0 Å². The molecule has 2 aliphatic rings. The molecular formula is C90H76Au4P4+4. The summed E-state index contributed by atoms with van der Waals surface area (Å²) in [5, 5.41) is 12.1. The summed E-state index contributed by atoms with van der Waals surface area (Å²) < 4.78 is 0. The molecule has 12 aromatic rings. The van der Waals surface area contributed by atoms with E-state index in [1.165, 1.54) is 112 Å². The molecule has 0 bridgehead atoms. The van der Waals surface area contributed by atoms with E-state index in [1.807, 2.05) is 48.5 Å². The predicted octanol–water partition coefficient (Wildman–Crippen LogP) is 17.2. The van der Waals surface area contributed by atoms with Crippen LogP contribution in [0.4, 0.5) is 0 Å². The Hall–Kier alpha value is -6.44. The molecule has 0 nitrogen and oxygen atoms in total. The molecule has 0 saturated carbocycles. The van der Waals surface area contributed by atoms with Crippen molar-refractivity contribution in [3.8, 4) is 45.9 Å². The Bertz CT molecular complexity index is 3900. The normalized spacial score (nSPS) is 11.8. The first-order valence-corrected chi connectivity index (χ1v) is 39.0. The van der Waals surface area contributed by atoms with Gasteiger partial charge in [0.25, 0.3) is 0 Å². The number of fused-ring (bicyclic) bond motifs is 6. The molecule has 8 heteroatoms. The average molecular weight is 2070 g/mol. The van der Waals surface area contributed by atoms with E-state index in [-0.39, 0.29) is 100 Å². The number of hydrogen-bond donors (Lipinski definition) is 0. The second-order valence-corrected chi connectivity index (χ2v) is 35.1. The first kappa shape index (κ1) is 78.9. The van der Waals surface area contributed by atoms with Crippen LogP contribution in [0.15, 0.2) is 315 Å². The summed E-state index contributed by atoms with van der Waals surface area (Å²) in [7, 11) is -3.13. The van der Waals surface area contributed by atoms with Crippen molar-refractivity contribution < 1.29 is 89.5 Å². The monoisotopic (exact) mass is 2070 g/mol. The molecule has 2 aliphatic carbocycles. The molecule has 0 fully saturated rings. The Morgan fingerprint density at radius 1 is 0.224 bits per heavy atom. The molecule has 14 rings (SSSR count). The van der Waals surface area contributed by atoms with Crippen LogP contribution < -0.4 is 42.4 Å². The van der Waals surface area contributed by atoms with Crippen molar-refractivity contribution in [2.24, 2.45) is 0 Å². The van der Waals surface area contributed by atoms with E-state index in [4.69, 9.17) is 25.7 Å². The molecule has 0 atom stereocenters. The number of rotatable bonds is 14. The van der Waals surface area contributed by atoms with Crippen molar-refractivity contribution in [2.75, 3.05) is 24.6 Å². The standard InChI is InChI=1S/2C26H24P2.2C19H12.4Au/c2*1-5-13-23(14-6-1)27(24-15-7-2-8-16-24)21-22-28(25-17-9-3-10-18-25)26-19-11-4-12-20-26;2*1-5-13-7-9-15-16-10-8-14(6-2)12-18(16)19(3,4)17(15)11-13;;;;/h2*1-20H,21-22H2;2*7-12H,3-4H3;;;;/q;;2*-2;4*+1/p+4. The Kier molecular flexibility index (Phi) is 30.9. The molecule has 0 heterocycles. The van der Waals surface area contributed by atoms with Crippen LogP contribution in [-0.4, -0.2) is 24.6 Å². The second-order valence-electron chi connectivity index (χ2n) is 24.6. The van der Waals surface area contributed by atoms with Gasteiger partial charge in [-0.2, -0.15) is 0 Å². The summed E-state index contributed by atoms with van der Waals surface area (Å²) in [6.45, 7) is 8.72. The molecule has 0 unspecified atom stereocenters. The molecule has 496 valence electrons. The number of benzene rings is 12. The summed E-state index contributed by atoms with van der Waals surface area (Å²) in [6.07, 6.45) is 34.1. The van der Waals surface area contributed by atoms with Crippen LogP contribution in [0.2, 0.25) is 0 Å². The van der Waals surface area contributed by atoms with Crippen LogP contribution in [0, 0.1) is 49.4 Å². The van der Waals surface area contributed by atoms with Gasteiger partial charge in [0, 0.05) is 10.8 Å². The maximum Gasteiger partial charge on any atom is 1.00 e. The van der Waals surface area contributed by atoms with Gasteiger partial charge in [0.15, 0.2) is 0 Å². The molecular weight excluding hydrogens is 1990 g/mol. The van der Waals surface area contributed by atoms with Gasteiger partial charge in [0.2, 0.25) is 0 Å². The van der Waals surface area contributed by atoms with E-state index < -0.39 is 31.7 Å². The molecule has 0 aromatic heterocycles. The van der Waals surface area contributed by atoms with Gasteiger partial charge in [0.1, 0.15) is 24.6 Å². The Balaban J connectivity index is 0.000000184. The minimum Gasteiger partial charge on any atom is -0.366 e. The van der Waals surface area contributed by atoms with E-state index in [0.29, 0.717) is 0 Å². The Morgan fingerprint density at radius 2 is 0.367 bits per heavy atom. The van der Waals surface area contributed by atoms with Crippen molar-refractivity contribution in [1.82, 2.24) is 0 Å². The van der Waals surface area contributed by atoms with Crippen LogP contribution in [0.5, 0.6) is 0 Å². The topological polar surface area (TPSA) is 0 Å². The third-order valence-corrected chi connectivity index (χ3v) is 30.4. The fourth-order valence-electron chi connectivity index (χ4n) is 13.2. The van der Waals surface area contributed by atoms with Gasteiger partial charge in [-0.3, -0.25) is 23.7 Å². The third kappa shape index (κ3) is 19.1. The van der Waals surface area contributed by atoms with E-state index in [2.05, 4.69) is 318 Å². The predicted molar refractivity (Wildman–Crippen MR) is 414 cm³/mol. The smallest absolute Gasteiger partial charge is 0.366 e. The molecule has 0 saturated heterocycles. The van der Waals surface area contributed by atoms with Gasteiger partial charge in [-0.1, -0.05) is 198 Å². The SMILES string of the molecule is [Au+].[Au+].[Au+].[Au+].[C-]#Cc1ccc2c(c1)C(C)(C)c1cc(C#[C-])ccc1-2.[C-]#Cc1ccc2c(c1)C(C)(C)c1cc(C#[C-])ccc1-2.c1ccc([PH+](CC[PH+](c2ccccc2)c2ccccc2)c2ccccc2)cc1.c1ccc([PH+](CC[PH+](c2ccccc2)c2ccccc2)c2ccccc2)cc1. The van der Waals surface area contributed by atoms with Crippen LogP contribution in [-0.2, 0) is 100 Å². The van der Waals surface area contributed by atoms with Crippen LogP contribution in [0.3, 0.4) is 0 Å². The molecule has 0 radical (unpaired) electrons. The maximum absolute atomic E-state index is 7.28. The average Bonchev–Trinajstić information content (AvgIpc) is 1.59. The summed E-state index contributed by atoms with van der Waals surface area (Å²) in [4.78, 5) is 0. The summed E-state index contributed by atoms with van der Waals surface area (Å²) in [6, 6.07) is 113. The third-order valence-electron chi connectivity index (χ3n) is 18.2. The Morgan fingerprint density at radius 3 is 0.500 bits per heavy atom. The second kappa shape index (κ2) is 38.4. The minimum absolute atomic E-state index is 0. The number of hydrogen-bond acceptors (Lipinski definition) is 0. The van der Waals surface area contributed by atoms with E-state index >= 15 is 0 Å². The summed E-state index contributed by atoms with van der Waals surface area (Å²) in [5.41, 5.74) is 12.8. The van der Waals surface area contributed by atoms with Crippen LogP contribution >= 0.6 is 31.7 Å². The van der Waals surface area contributed by atoms with E-state index in [0.717, 1.165) is 22.3 Å². The molecule has 0 spiro atoms. The van der Waals surface area contributed by atoms with Gasteiger partial charge in [-0.25, -0.2) is 0 Å². The summed E-state index contributed by atoms with van der Waals surface area (Å²) >= 11 is 0. The van der Waals surface area contributed by atoms with Crippen LogP contribution in [0.1, 0.15) is 72.2 Å². The Labute approximate surface area is 651 Å². The molecule has 12 aromatic carbocycles. The zero-order valence-electron chi connectivity index (χ0n) is 55.1. The summed E-state index contributed by atoms with van der Waals surface area (Å²) in [5.74, 6) is 9.81. The zero-order chi connectivity index (χ0) is 65.3. The van der Waals surface area contributed by atoms with E-state index in [9.17, 15) is 0 Å². The van der Waals surface area contributed by atoms with Gasteiger partial charge in [-0.05, 0) is 142 Å². The van der Waals surface area contributed by atoms with Crippen LogP contribution in [0.25, 0.3) is 22.3 Å². The fraction of sp³-hybridized carbons (Fsp3) is 0.111. The first-order valence-electron chi connectivity index (χ1n) is 32.2. The first-order chi connectivity index (χ1) is 46.0. The van der Waals surface area contributed by atoms with Gasteiger partial charge < -0.3 is 25.7 Å². The largest absolute Gasteiger partial charge is 1.00 e. The molecule has 0 N–H and O–H groups in total. The van der Waals surface area contributed by atoms with Crippen molar-refractivity contribution in [3.05, 3.63) is 386 Å². The molecule has 0 amide bonds. The van der Waals surface area contributed by atoms with Crippen molar-refractivity contribution >= 4 is 74.1 Å². The van der Waals surface area contributed by atoms with Gasteiger partial charge >= 0.3 is 89.5 Å². The zero-order valence-corrected chi connectivity index (χ0v) is 67.7. The van der Waals surface area contributed by atoms with Gasteiger partial charge in [-0.15, -0.1) is 70.8 Å². The van der Waals surface area contributed by atoms with Gasteiger partial charge in [0.05, 0.1) is 74.1 Å². The van der Waals surface area contributed by atoms with Crippen molar-refractivity contribution in [3.63, 3.8) is 0 Å². The fourth-order valence-corrected chi connectivity index (χ4v) is 25.6. The molecule has 0 aliphatic heterocycles. The van der Waals surface area contributed by atoms with Crippen molar-refractivity contribution in [1.29, 1.82) is 0 Å². The van der Waals surface area contributed by atoms with Crippen molar-refractivity contribution in [2.45, 2.75) is 38.5 Å². The molecule has 98 heavy (non-hydrogen) atoms. The quantitative estimate of drug-likeness (QED) is 0.0441. The maximum atomic E-state index is 7.28.